The van der Waals surface area contributed by atoms with Gasteiger partial charge in [-0.3, -0.25) is 4.98 Å². The molecule has 0 radical (unpaired) electrons. The van der Waals surface area contributed by atoms with Crippen molar-refractivity contribution in [3.05, 3.63) is 65.7 Å². The van der Waals surface area contributed by atoms with Gasteiger partial charge in [-0.1, -0.05) is 12.1 Å². The molecular formula is C13H13FN2. The fourth-order valence-electron chi connectivity index (χ4n) is 1.60. The molecule has 0 fully saturated rings. The van der Waals surface area contributed by atoms with E-state index in [0.717, 1.165) is 17.5 Å². The van der Waals surface area contributed by atoms with Crippen molar-refractivity contribution >= 4 is 0 Å². The van der Waals surface area contributed by atoms with Gasteiger partial charge in [-0.25, -0.2) is 4.39 Å². The quantitative estimate of drug-likeness (QED) is 0.856. The molecule has 0 aliphatic heterocycles. The fraction of sp³-hybridized carbons (Fsp3) is 0.154. The lowest BCUT2D eigenvalue weighted by Gasteiger charge is -2.11. The number of hydrogen-bond acceptors (Lipinski definition) is 2. The van der Waals surface area contributed by atoms with Crippen LogP contribution in [-0.4, -0.2) is 4.98 Å². The van der Waals surface area contributed by atoms with E-state index < -0.39 is 0 Å². The molecule has 2 aromatic rings. The van der Waals surface area contributed by atoms with Gasteiger partial charge in [-0.2, -0.15) is 0 Å². The molecule has 0 saturated carbocycles. The van der Waals surface area contributed by atoms with Crippen LogP contribution in [0.2, 0.25) is 0 Å². The zero-order valence-corrected chi connectivity index (χ0v) is 8.81. The summed E-state index contributed by atoms with van der Waals surface area (Å²) >= 11 is 0. The maximum Gasteiger partial charge on any atom is 0.123 e. The Balaban J connectivity index is 2.09. The van der Waals surface area contributed by atoms with Crippen LogP contribution in [0.4, 0.5) is 4.39 Å². The summed E-state index contributed by atoms with van der Waals surface area (Å²) < 4.78 is 12.7. The fourth-order valence-corrected chi connectivity index (χ4v) is 1.60. The summed E-state index contributed by atoms with van der Waals surface area (Å²) in [7, 11) is 0. The third-order valence-corrected chi connectivity index (χ3v) is 2.50. The van der Waals surface area contributed by atoms with Crippen molar-refractivity contribution in [1.29, 1.82) is 0 Å². The van der Waals surface area contributed by atoms with Crippen LogP contribution >= 0.6 is 0 Å². The summed E-state index contributed by atoms with van der Waals surface area (Å²) in [6, 6.07) is 10.1. The molecule has 1 heterocycles. The molecule has 0 saturated heterocycles. The van der Waals surface area contributed by atoms with Crippen LogP contribution in [-0.2, 0) is 6.42 Å². The standard InChI is InChI=1S/C13H13FN2/c14-12-3-1-11(2-4-12)13(15)9-10-5-7-16-8-6-10/h1-8,13H,9,15H2. The van der Waals surface area contributed by atoms with E-state index in [2.05, 4.69) is 4.98 Å². The Kier molecular flexibility index (Phi) is 3.27. The van der Waals surface area contributed by atoms with Crippen molar-refractivity contribution in [2.75, 3.05) is 0 Å². The van der Waals surface area contributed by atoms with Crippen molar-refractivity contribution in [2.24, 2.45) is 5.73 Å². The zero-order valence-electron chi connectivity index (χ0n) is 8.81. The Morgan fingerprint density at radius 3 is 2.31 bits per heavy atom. The van der Waals surface area contributed by atoms with E-state index in [1.807, 2.05) is 12.1 Å². The van der Waals surface area contributed by atoms with E-state index in [1.165, 1.54) is 12.1 Å². The number of rotatable bonds is 3. The Morgan fingerprint density at radius 1 is 1.06 bits per heavy atom. The Labute approximate surface area is 93.9 Å². The summed E-state index contributed by atoms with van der Waals surface area (Å²) in [5.41, 5.74) is 8.11. The first-order valence-corrected chi connectivity index (χ1v) is 5.15. The highest BCUT2D eigenvalue weighted by molar-refractivity contribution is 5.22. The van der Waals surface area contributed by atoms with Crippen molar-refractivity contribution in [3.63, 3.8) is 0 Å². The molecule has 2 rings (SSSR count). The lowest BCUT2D eigenvalue weighted by molar-refractivity contribution is 0.624. The highest BCUT2D eigenvalue weighted by atomic mass is 19.1. The van der Waals surface area contributed by atoms with E-state index in [-0.39, 0.29) is 11.9 Å². The molecule has 0 amide bonds. The van der Waals surface area contributed by atoms with Gasteiger partial charge in [0.2, 0.25) is 0 Å². The summed E-state index contributed by atoms with van der Waals surface area (Å²) in [6.45, 7) is 0. The van der Waals surface area contributed by atoms with Gasteiger partial charge in [0, 0.05) is 18.4 Å². The minimum Gasteiger partial charge on any atom is -0.324 e. The Bertz CT molecular complexity index is 439. The number of benzene rings is 1. The molecule has 82 valence electrons. The Morgan fingerprint density at radius 2 is 1.69 bits per heavy atom. The van der Waals surface area contributed by atoms with Gasteiger partial charge in [0.25, 0.3) is 0 Å². The van der Waals surface area contributed by atoms with E-state index >= 15 is 0 Å². The molecule has 0 aliphatic rings. The number of aromatic nitrogens is 1. The molecule has 0 spiro atoms. The maximum absolute atomic E-state index is 12.7. The van der Waals surface area contributed by atoms with Gasteiger partial charge in [-0.05, 0) is 41.8 Å². The van der Waals surface area contributed by atoms with Crippen LogP contribution in [0.1, 0.15) is 17.2 Å². The van der Waals surface area contributed by atoms with Crippen LogP contribution in [0.3, 0.4) is 0 Å². The van der Waals surface area contributed by atoms with Gasteiger partial charge in [0.15, 0.2) is 0 Å². The first-order valence-electron chi connectivity index (χ1n) is 5.15. The monoisotopic (exact) mass is 216 g/mol. The van der Waals surface area contributed by atoms with E-state index in [1.54, 1.807) is 24.5 Å². The number of pyridine rings is 1. The lowest BCUT2D eigenvalue weighted by Crippen LogP contribution is -2.13. The summed E-state index contributed by atoms with van der Waals surface area (Å²) in [5, 5.41) is 0. The van der Waals surface area contributed by atoms with Crippen molar-refractivity contribution in [1.82, 2.24) is 4.98 Å². The minimum atomic E-state index is -0.236. The SMILES string of the molecule is NC(Cc1ccncc1)c1ccc(F)cc1. The molecular weight excluding hydrogens is 203 g/mol. The van der Waals surface area contributed by atoms with E-state index in [4.69, 9.17) is 5.73 Å². The van der Waals surface area contributed by atoms with Crippen molar-refractivity contribution in [3.8, 4) is 0 Å². The second-order valence-electron chi connectivity index (χ2n) is 3.72. The molecule has 1 aromatic heterocycles. The predicted octanol–water partition coefficient (Wildman–Crippen LogP) is 2.46. The summed E-state index contributed by atoms with van der Waals surface area (Å²) in [6.07, 6.45) is 4.22. The van der Waals surface area contributed by atoms with Gasteiger partial charge in [-0.15, -0.1) is 0 Å². The second kappa shape index (κ2) is 4.86. The third kappa shape index (κ3) is 2.64. The smallest absolute Gasteiger partial charge is 0.123 e. The van der Waals surface area contributed by atoms with Gasteiger partial charge < -0.3 is 5.73 Å². The second-order valence-corrected chi connectivity index (χ2v) is 3.72. The van der Waals surface area contributed by atoms with Gasteiger partial charge in [0.1, 0.15) is 5.82 Å². The summed E-state index contributed by atoms with van der Waals surface area (Å²) in [4.78, 5) is 3.95. The molecule has 0 aliphatic carbocycles. The highest BCUT2D eigenvalue weighted by Crippen LogP contribution is 2.15. The topological polar surface area (TPSA) is 38.9 Å². The zero-order chi connectivity index (χ0) is 11.4. The van der Waals surface area contributed by atoms with Crippen LogP contribution in [0.15, 0.2) is 48.8 Å². The lowest BCUT2D eigenvalue weighted by atomic mass is 10.0. The van der Waals surface area contributed by atoms with Gasteiger partial charge >= 0.3 is 0 Å². The molecule has 1 aromatic carbocycles. The molecule has 3 heteroatoms. The average molecular weight is 216 g/mol. The predicted molar refractivity (Wildman–Crippen MR) is 61.3 cm³/mol. The Hall–Kier alpha value is -1.74. The van der Waals surface area contributed by atoms with Crippen LogP contribution in [0, 0.1) is 5.82 Å². The maximum atomic E-state index is 12.7. The first-order chi connectivity index (χ1) is 7.75. The molecule has 2 nitrogen and oxygen atoms in total. The minimum absolute atomic E-state index is 0.108. The molecule has 1 unspecified atom stereocenters. The van der Waals surface area contributed by atoms with Crippen LogP contribution < -0.4 is 5.73 Å². The van der Waals surface area contributed by atoms with E-state index in [0.29, 0.717) is 0 Å². The average Bonchev–Trinajstić information content (AvgIpc) is 2.31. The first kappa shape index (κ1) is 10.8. The van der Waals surface area contributed by atoms with Crippen molar-refractivity contribution < 1.29 is 4.39 Å². The number of halogens is 1. The third-order valence-electron chi connectivity index (χ3n) is 2.50. The molecule has 1 atom stereocenters. The van der Waals surface area contributed by atoms with Crippen LogP contribution in [0.25, 0.3) is 0 Å². The van der Waals surface area contributed by atoms with E-state index in [9.17, 15) is 4.39 Å². The molecule has 2 N–H and O–H groups in total. The van der Waals surface area contributed by atoms with Crippen molar-refractivity contribution in [2.45, 2.75) is 12.5 Å². The van der Waals surface area contributed by atoms with Crippen LogP contribution in [0.5, 0.6) is 0 Å². The number of nitrogens with two attached hydrogens (primary N) is 1. The largest absolute Gasteiger partial charge is 0.324 e. The summed E-state index contributed by atoms with van der Waals surface area (Å²) in [5.74, 6) is -0.236. The highest BCUT2D eigenvalue weighted by Gasteiger charge is 2.06. The van der Waals surface area contributed by atoms with Gasteiger partial charge in [0.05, 0.1) is 0 Å². The number of nitrogens with zero attached hydrogens (tertiary/aromatic N) is 1. The number of hydrogen-bond donors (Lipinski definition) is 1. The normalized spacial score (nSPS) is 12.4. The molecule has 16 heavy (non-hydrogen) atoms. The molecule has 0 bridgehead atoms.